The molecule has 1 atom stereocenters. The minimum atomic E-state index is -0.805. The van der Waals surface area contributed by atoms with Gasteiger partial charge in [0.05, 0.1) is 6.33 Å². The molecule has 1 heterocycles. The molecule has 0 saturated heterocycles. The number of hydrogen-bond donors (Lipinski definition) is 3. The number of nitrogens with two attached hydrogens (primary N) is 1. The minimum absolute atomic E-state index is 0.114. The van der Waals surface area contributed by atoms with Gasteiger partial charge in [-0.15, -0.1) is 0 Å². The number of nitrogens with one attached hydrogen (secondary N) is 1. The predicted molar refractivity (Wildman–Crippen MR) is 47.1 cm³/mol. The highest BCUT2D eigenvalue weighted by Crippen LogP contribution is 2.01. The fraction of sp³-hybridized carbons (Fsp3) is 0.500. The fourth-order valence-corrected chi connectivity index (χ4v) is 1.09. The average molecular weight is 183 g/mol. The summed E-state index contributed by atoms with van der Waals surface area (Å²) in [6.45, 7) is 0. The van der Waals surface area contributed by atoms with Gasteiger partial charge in [0.25, 0.3) is 0 Å². The first kappa shape index (κ1) is 9.73. The van der Waals surface area contributed by atoms with E-state index in [1.807, 2.05) is 0 Å². The van der Waals surface area contributed by atoms with Gasteiger partial charge < -0.3 is 15.8 Å². The highest BCUT2D eigenvalue weighted by molar-refractivity contribution is 5.66. The zero-order valence-electron chi connectivity index (χ0n) is 7.23. The van der Waals surface area contributed by atoms with Crippen molar-refractivity contribution >= 4 is 5.97 Å². The van der Waals surface area contributed by atoms with Crippen LogP contribution in [-0.4, -0.2) is 27.1 Å². The third-order valence-corrected chi connectivity index (χ3v) is 1.77. The first-order valence-corrected chi connectivity index (χ1v) is 4.13. The molecule has 13 heavy (non-hydrogen) atoms. The molecule has 1 aromatic rings. The SMILES string of the molecule is NC(CCC(=O)O)Cc1cnc[nH]1. The highest BCUT2D eigenvalue weighted by atomic mass is 16.4. The van der Waals surface area contributed by atoms with E-state index >= 15 is 0 Å². The third-order valence-electron chi connectivity index (χ3n) is 1.77. The Bertz CT molecular complexity index is 258. The van der Waals surface area contributed by atoms with E-state index < -0.39 is 5.97 Å². The molecule has 1 aromatic heterocycles. The lowest BCUT2D eigenvalue weighted by Gasteiger charge is -2.07. The standard InChI is InChI=1S/C8H13N3O2/c9-6(1-2-8(12)13)3-7-4-10-5-11-7/h4-6H,1-3,9H2,(H,10,11)(H,12,13). The van der Waals surface area contributed by atoms with Crippen LogP contribution in [0.5, 0.6) is 0 Å². The number of imidazole rings is 1. The Hall–Kier alpha value is -1.36. The van der Waals surface area contributed by atoms with Gasteiger partial charge in [0.2, 0.25) is 0 Å². The minimum Gasteiger partial charge on any atom is -0.481 e. The Labute approximate surface area is 76.0 Å². The molecule has 4 N–H and O–H groups in total. The second-order valence-corrected chi connectivity index (χ2v) is 2.97. The summed E-state index contributed by atoms with van der Waals surface area (Å²) in [6, 6.07) is -0.114. The van der Waals surface area contributed by atoms with Crippen LogP contribution in [0.15, 0.2) is 12.5 Å². The normalized spacial score (nSPS) is 12.7. The first-order valence-electron chi connectivity index (χ1n) is 4.13. The summed E-state index contributed by atoms with van der Waals surface area (Å²) in [5, 5.41) is 8.41. The maximum Gasteiger partial charge on any atom is 0.303 e. The molecule has 1 rings (SSSR count). The Balaban J connectivity index is 2.25. The van der Waals surface area contributed by atoms with E-state index in [0.717, 1.165) is 5.69 Å². The van der Waals surface area contributed by atoms with Crippen molar-refractivity contribution in [1.82, 2.24) is 9.97 Å². The predicted octanol–water partition coefficient (Wildman–Crippen LogP) is 0.144. The molecule has 5 nitrogen and oxygen atoms in total. The lowest BCUT2D eigenvalue weighted by Crippen LogP contribution is -2.23. The van der Waals surface area contributed by atoms with Gasteiger partial charge in [-0.2, -0.15) is 0 Å². The number of H-pyrrole nitrogens is 1. The van der Waals surface area contributed by atoms with Crippen molar-refractivity contribution in [3.63, 3.8) is 0 Å². The average Bonchev–Trinajstić information content (AvgIpc) is 2.53. The van der Waals surface area contributed by atoms with Crippen LogP contribution in [-0.2, 0) is 11.2 Å². The molecule has 0 aliphatic heterocycles. The number of carboxylic acid groups (broad SMARTS) is 1. The number of aliphatic carboxylic acids is 1. The summed E-state index contributed by atoms with van der Waals surface area (Å²) in [6.07, 6.45) is 4.54. The molecule has 0 aliphatic carbocycles. The molecule has 0 spiro atoms. The van der Waals surface area contributed by atoms with E-state index in [1.54, 1.807) is 12.5 Å². The zero-order valence-corrected chi connectivity index (χ0v) is 7.23. The number of carbonyl (C=O) groups is 1. The third kappa shape index (κ3) is 3.71. The van der Waals surface area contributed by atoms with Crippen molar-refractivity contribution in [2.45, 2.75) is 25.3 Å². The van der Waals surface area contributed by atoms with E-state index in [1.165, 1.54) is 0 Å². The van der Waals surface area contributed by atoms with Crippen LogP contribution in [0.2, 0.25) is 0 Å². The smallest absolute Gasteiger partial charge is 0.303 e. The molecule has 0 radical (unpaired) electrons. The number of rotatable bonds is 5. The Morgan fingerprint density at radius 2 is 2.54 bits per heavy atom. The van der Waals surface area contributed by atoms with Gasteiger partial charge >= 0.3 is 5.97 Å². The number of aromatic nitrogens is 2. The molecular formula is C8H13N3O2. The van der Waals surface area contributed by atoms with E-state index in [9.17, 15) is 4.79 Å². The molecule has 0 aromatic carbocycles. The van der Waals surface area contributed by atoms with E-state index in [0.29, 0.717) is 12.8 Å². The number of carboxylic acids is 1. The molecule has 0 bridgehead atoms. The van der Waals surface area contributed by atoms with Crippen molar-refractivity contribution in [2.24, 2.45) is 5.73 Å². The molecule has 5 heteroatoms. The zero-order chi connectivity index (χ0) is 9.68. The maximum atomic E-state index is 10.2. The number of aromatic amines is 1. The number of nitrogens with zero attached hydrogens (tertiary/aromatic N) is 1. The van der Waals surface area contributed by atoms with Crippen LogP contribution in [0.1, 0.15) is 18.5 Å². The number of hydrogen-bond acceptors (Lipinski definition) is 3. The Morgan fingerprint density at radius 3 is 3.08 bits per heavy atom. The molecule has 0 saturated carbocycles. The van der Waals surface area contributed by atoms with Crippen LogP contribution >= 0.6 is 0 Å². The largest absolute Gasteiger partial charge is 0.481 e. The molecule has 72 valence electrons. The summed E-state index contributed by atoms with van der Waals surface area (Å²) >= 11 is 0. The summed E-state index contributed by atoms with van der Waals surface area (Å²) in [7, 11) is 0. The highest BCUT2D eigenvalue weighted by Gasteiger charge is 2.07. The van der Waals surface area contributed by atoms with Gasteiger partial charge in [-0.25, -0.2) is 4.98 Å². The molecule has 0 fully saturated rings. The van der Waals surface area contributed by atoms with Crippen molar-refractivity contribution in [1.29, 1.82) is 0 Å². The topological polar surface area (TPSA) is 92.0 Å². The lowest BCUT2D eigenvalue weighted by molar-refractivity contribution is -0.137. The van der Waals surface area contributed by atoms with Crippen LogP contribution < -0.4 is 5.73 Å². The summed E-state index contributed by atoms with van der Waals surface area (Å²) in [5.74, 6) is -0.805. The second-order valence-electron chi connectivity index (χ2n) is 2.97. The second kappa shape index (κ2) is 4.61. The molecular weight excluding hydrogens is 170 g/mol. The quantitative estimate of drug-likeness (QED) is 0.605. The van der Waals surface area contributed by atoms with Crippen LogP contribution in [0.25, 0.3) is 0 Å². The fourth-order valence-electron chi connectivity index (χ4n) is 1.09. The van der Waals surface area contributed by atoms with E-state index in [4.69, 9.17) is 10.8 Å². The van der Waals surface area contributed by atoms with Crippen LogP contribution in [0.4, 0.5) is 0 Å². The van der Waals surface area contributed by atoms with Crippen molar-refractivity contribution in [2.75, 3.05) is 0 Å². The monoisotopic (exact) mass is 183 g/mol. The molecule has 0 amide bonds. The van der Waals surface area contributed by atoms with Crippen molar-refractivity contribution in [3.8, 4) is 0 Å². The van der Waals surface area contributed by atoms with Gasteiger partial charge in [-0.3, -0.25) is 4.79 Å². The van der Waals surface area contributed by atoms with E-state index in [-0.39, 0.29) is 12.5 Å². The summed E-state index contributed by atoms with van der Waals surface area (Å²) in [5.41, 5.74) is 6.64. The van der Waals surface area contributed by atoms with Crippen molar-refractivity contribution < 1.29 is 9.90 Å². The first-order chi connectivity index (χ1) is 6.18. The van der Waals surface area contributed by atoms with E-state index in [2.05, 4.69) is 9.97 Å². The van der Waals surface area contributed by atoms with Crippen molar-refractivity contribution in [3.05, 3.63) is 18.2 Å². The van der Waals surface area contributed by atoms with Gasteiger partial charge in [0.15, 0.2) is 0 Å². The Kier molecular flexibility index (Phi) is 3.45. The van der Waals surface area contributed by atoms with Gasteiger partial charge in [-0.05, 0) is 6.42 Å². The Morgan fingerprint density at radius 1 is 1.77 bits per heavy atom. The lowest BCUT2D eigenvalue weighted by atomic mass is 10.1. The van der Waals surface area contributed by atoms with Crippen LogP contribution in [0, 0.1) is 0 Å². The summed E-state index contributed by atoms with van der Waals surface area (Å²) in [4.78, 5) is 17.0. The maximum absolute atomic E-state index is 10.2. The summed E-state index contributed by atoms with van der Waals surface area (Å²) < 4.78 is 0. The van der Waals surface area contributed by atoms with Gasteiger partial charge in [0.1, 0.15) is 0 Å². The molecule has 0 aliphatic rings. The van der Waals surface area contributed by atoms with Gasteiger partial charge in [0, 0.05) is 30.8 Å². The van der Waals surface area contributed by atoms with Gasteiger partial charge in [-0.1, -0.05) is 0 Å². The molecule has 1 unspecified atom stereocenters. The van der Waals surface area contributed by atoms with Crippen LogP contribution in [0.3, 0.4) is 0 Å².